The zero-order valence-corrected chi connectivity index (χ0v) is 11.6. The van der Waals surface area contributed by atoms with Gasteiger partial charge in [0, 0.05) is 6.54 Å². The molecule has 3 nitrogen and oxygen atoms in total. The topological polar surface area (TPSA) is 34.9 Å². The average Bonchev–Trinajstić information content (AvgIpc) is 2.83. The number of carbonyl (C=O) groups excluding carboxylic acids is 1. The van der Waals surface area contributed by atoms with Gasteiger partial charge in [0.05, 0.1) is 19.9 Å². The van der Waals surface area contributed by atoms with Crippen molar-refractivity contribution < 1.29 is 4.79 Å². The molecule has 2 aromatic heterocycles. The number of aryl methyl sites for hydroxylation is 1. The summed E-state index contributed by atoms with van der Waals surface area (Å²) in [4.78, 5) is 12.8. The fraction of sp³-hybridized carbons (Fsp3) is 0.200. The van der Waals surface area contributed by atoms with E-state index in [1.54, 1.807) is 10.7 Å². The largest absolute Gasteiger partial charge is 0.286 e. The van der Waals surface area contributed by atoms with Gasteiger partial charge in [-0.3, -0.25) is 9.48 Å². The Morgan fingerprint density at radius 2 is 2.38 bits per heavy atom. The van der Waals surface area contributed by atoms with Crippen molar-refractivity contribution >= 4 is 44.7 Å². The van der Waals surface area contributed by atoms with Crippen LogP contribution in [0.3, 0.4) is 0 Å². The van der Waals surface area contributed by atoms with E-state index in [2.05, 4.69) is 21.0 Å². The normalized spacial score (nSPS) is 10.7. The summed E-state index contributed by atoms with van der Waals surface area (Å²) in [5, 5.41) is 4.44. The van der Waals surface area contributed by atoms with Gasteiger partial charge in [-0.15, -0.1) is 11.3 Å². The minimum absolute atomic E-state index is 0.0833. The van der Waals surface area contributed by atoms with E-state index in [4.69, 9.17) is 11.6 Å². The number of halogens is 2. The van der Waals surface area contributed by atoms with Crippen LogP contribution in [0.5, 0.6) is 0 Å². The molecular weight excluding hydrogens is 312 g/mol. The molecule has 0 atom stereocenters. The zero-order chi connectivity index (χ0) is 11.7. The molecule has 0 aromatic carbocycles. The van der Waals surface area contributed by atoms with E-state index < -0.39 is 0 Å². The Morgan fingerprint density at radius 1 is 1.62 bits per heavy atom. The highest BCUT2D eigenvalue weighted by molar-refractivity contribution is 9.11. The number of ketones is 1. The van der Waals surface area contributed by atoms with Crippen molar-refractivity contribution in [2.24, 2.45) is 0 Å². The van der Waals surface area contributed by atoms with Gasteiger partial charge in [-0.25, -0.2) is 0 Å². The Morgan fingerprint density at radius 3 is 2.94 bits per heavy atom. The summed E-state index contributed by atoms with van der Waals surface area (Å²) in [7, 11) is 0. The van der Waals surface area contributed by atoms with E-state index in [-0.39, 0.29) is 5.78 Å². The van der Waals surface area contributed by atoms with Crippen molar-refractivity contribution in [3.05, 3.63) is 37.7 Å². The Kier molecular flexibility index (Phi) is 3.47. The SMILES string of the molecule is CCn1ncc(Cl)c1C(=O)c1ccc(Br)s1. The minimum Gasteiger partial charge on any atom is -0.286 e. The van der Waals surface area contributed by atoms with Gasteiger partial charge < -0.3 is 0 Å². The average molecular weight is 320 g/mol. The van der Waals surface area contributed by atoms with Gasteiger partial charge in [0.2, 0.25) is 5.78 Å². The van der Waals surface area contributed by atoms with E-state index >= 15 is 0 Å². The van der Waals surface area contributed by atoms with Crippen LogP contribution in [0, 0.1) is 0 Å². The van der Waals surface area contributed by atoms with Gasteiger partial charge in [0.15, 0.2) is 0 Å². The van der Waals surface area contributed by atoms with Crippen LogP contribution in [0.15, 0.2) is 22.1 Å². The summed E-state index contributed by atoms with van der Waals surface area (Å²) in [6.45, 7) is 2.55. The first-order valence-electron chi connectivity index (χ1n) is 4.64. The molecule has 16 heavy (non-hydrogen) atoms. The Balaban J connectivity index is 2.44. The molecule has 2 rings (SSSR count). The number of aromatic nitrogens is 2. The molecule has 0 N–H and O–H groups in total. The number of rotatable bonds is 3. The van der Waals surface area contributed by atoms with Crippen LogP contribution in [0.1, 0.15) is 22.3 Å². The monoisotopic (exact) mass is 318 g/mol. The maximum absolute atomic E-state index is 12.2. The lowest BCUT2D eigenvalue weighted by atomic mass is 10.2. The van der Waals surface area contributed by atoms with Crippen LogP contribution in [0.25, 0.3) is 0 Å². The smallest absolute Gasteiger partial charge is 0.222 e. The van der Waals surface area contributed by atoms with Crippen molar-refractivity contribution in [2.75, 3.05) is 0 Å². The first-order chi connectivity index (χ1) is 7.63. The summed E-state index contributed by atoms with van der Waals surface area (Å²) in [6.07, 6.45) is 1.50. The maximum Gasteiger partial charge on any atom is 0.222 e. The number of hydrogen-bond acceptors (Lipinski definition) is 3. The van der Waals surface area contributed by atoms with Crippen molar-refractivity contribution in [1.82, 2.24) is 9.78 Å². The summed E-state index contributed by atoms with van der Waals surface area (Å²) >= 11 is 10.7. The molecule has 0 amide bonds. The highest BCUT2D eigenvalue weighted by Gasteiger charge is 2.19. The van der Waals surface area contributed by atoms with Gasteiger partial charge in [-0.2, -0.15) is 5.10 Å². The second-order valence-electron chi connectivity index (χ2n) is 3.09. The second-order valence-corrected chi connectivity index (χ2v) is 5.96. The van der Waals surface area contributed by atoms with Gasteiger partial charge in [-0.1, -0.05) is 11.6 Å². The van der Waals surface area contributed by atoms with Gasteiger partial charge >= 0.3 is 0 Å². The van der Waals surface area contributed by atoms with E-state index in [1.807, 2.05) is 13.0 Å². The van der Waals surface area contributed by atoms with E-state index in [0.29, 0.717) is 22.1 Å². The predicted octanol–water partition coefficient (Wildman–Crippen LogP) is 3.61. The molecule has 0 saturated carbocycles. The molecule has 0 saturated heterocycles. The molecule has 2 heterocycles. The number of nitrogens with zero attached hydrogens (tertiary/aromatic N) is 2. The number of thiophene rings is 1. The lowest BCUT2D eigenvalue weighted by Gasteiger charge is -2.02. The van der Waals surface area contributed by atoms with Gasteiger partial charge in [0.1, 0.15) is 5.69 Å². The summed E-state index contributed by atoms with van der Waals surface area (Å²) in [5.74, 6) is -0.0833. The molecule has 0 aliphatic rings. The van der Waals surface area contributed by atoms with Crippen molar-refractivity contribution in [1.29, 1.82) is 0 Å². The fourth-order valence-corrected chi connectivity index (χ4v) is 2.93. The molecule has 2 aromatic rings. The Hall–Kier alpha value is -0.650. The van der Waals surface area contributed by atoms with E-state index in [9.17, 15) is 4.79 Å². The molecule has 0 aliphatic heterocycles. The molecule has 0 unspecified atom stereocenters. The highest BCUT2D eigenvalue weighted by atomic mass is 79.9. The molecule has 0 aliphatic carbocycles. The number of hydrogen-bond donors (Lipinski definition) is 0. The lowest BCUT2D eigenvalue weighted by Crippen LogP contribution is -2.09. The Bertz CT molecular complexity index is 535. The minimum atomic E-state index is -0.0833. The quantitative estimate of drug-likeness (QED) is 0.810. The van der Waals surface area contributed by atoms with Crippen LogP contribution < -0.4 is 0 Å². The van der Waals surface area contributed by atoms with Crippen LogP contribution >= 0.6 is 38.9 Å². The van der Waals surface area contributed by atoms with Gasteiger partial charge in [0.25, 0.3) is 0 Å². The van der Waals surface area contributed by atoms with Crippen molar-refractivity contribution in [2.45, 2.75) is 13.5 Å². The van der Waals surface area contributed by atoms with Crippen LogP contribution in [0.2, 0.25) is 5.02 Å². The highest BCUT2D eigenvalue weighted by Crippen LogP contribution is 2.26. The summed E-state index contributed by atoms with van der Waals surface area (Å²) in [6, 6.07) is 3.62. The van der Waals surface area contributed by atoms with Crippen molar-refractivity contribution in [3.63, 3.8) is 0 Å². The van der Waals surface area contributed by atoms with Crippen LogP contribution in [0.4, 0.5) is 0 Å². The van der Waals surface area contributed by atoms with Crippen LogP contribution in [-0.2, 0) is 6.54 Å². The lowest BCUT2D eigenvalue weighted by molar-refractivity contribution is 0.103. The predicted molar refractivity (Wildman–Crippen MR) is 68.4 cm³/mol. The van der Waals surface area contributed by atoms with Crippen LogP contribution in [-0.4, -0.2) is 15.6 Å². The summed E-state index contributed by atoms with van der Waals surface area (Å²) < 4.78 is 2.53. The molecular formula is C10H8BrClN2OS. The maximum atomic E-state index is 12.2. The zero-order valence-electron chi connectivity index (χ0n) is 8.41. The first kappa shape index (κ1) is 11.8. The molecule has 0 fully saturated rings. The first-order valence-corrected chi connectivity index (χ1v) is 6.63. The number of carbonyl (C=O) groups is 1. The van der Waals surface area contributed by atoms with E-state index in [0.717, 1.165) is 3.79 Å². The van der Waals surface area contributed by atoms with Gasteiger partial charge in [-0.05, 0) is 35.0 Å². The molecule has 0 radical (unpaired) electrons. The Labute approximate surface area is 110 Å². The standard InChI is InChI=1S/C10H8BrClN2OS/c1-2-14-9(6(12)5-13-14)10(15)7-3-4-8(11)16-7/h3-5H,2H2,1H3. The third-order valence-electron chi connectivity index (χ3n) is 2.11. The fourth-order valence-electron chi connectivity index (χ4n) is 1.38. The summed E-state index contributed by atoms with van der Waals surface area (Å²) in [5.41, 5.74) is 0.457. The molecule has 0 bridgehead atoms. The third kappa shape index (κ3) is 2.07. The third-order valence-corrected chi connectivity index (χ3v) is 4.01. The van der Waals surface area contributed by atoms with E-state index in [1.165, 1.54) is 17.5 Å². The molecule has 84 valence electrons. The molecule has 6 heteroatoms. The molecule has 0 spiro atoms. The van der Waals surface area contributed by atoms with Crippen molar-refractivity contribution in [3.8, 4) is 0 Å². The second kappa shape index (κ2) is 4.69.